The number of carbonyl (C=O) groups is 2. The van der Waals surface area contributed by atoms with E-state index in [1.54, 1.807) is 49.7 Å². The fourth-order valence-corrected chi connectivity index (χ4v) is 3.85. The first-order chi connectivity index (χ1) is 16.0. The molecule has 0 bridgehead atoms. The van der Waals surface area contributed by atoms with Crippen LogP contribution in [0.25, 0.3) is 5.69 Å². The lowest BCUT2D eigenvalue weighted by molar-refractivity contribution is -0.125. The lowest BCUT2D eigenvalue weighted by Crippen LogP contribution is -2.46. The number of nitrogens with zero attached hydrogens (tertiary/aromatic N) is 4. The Hall–Kier alpha value is -3.76. The maximum Gasteiger partial charge on any atom is 0.256 e. The van der Waals surface area contributed by atoms with Crippen molar-refractivity contribution in [3.8, 4) is 11.4 Å². The van der Waals surface area contributed by atoms with Gasteiger partial charge < -0.3 is 25.2 Å². The number of nitrogens with one attached hydrogen (secondary N) is 1. The quantitative estimate of drug-likeness (QED) is 0.489. The number of aliphatic hydroxyl groups is 1. The molecule has 2 aromatic carbocycles. The SMILES string of the molecule is COCc1cn(-c2ccccc2C(=O)N2C[C@H](O)C[C@H]2C(=O)NCc2ccc(O)cc2)nn1. The van der Waals surface area contributed by atoms with Gasteiger partial charge in [-0.05, 0) is 29.8 Å². The molecule has 2 heterocycles. The number of rotatable bonds is 7. The number of β-amino-alcohol motifs (C(OH)–C–C–N with tert-alkyl or cyclic N) is 1. The molecule has 2 atom stereocenters. The number of amides is 2. The Balaban J connectivity index is 1.53. The monoisotopic (exact) mass is 451 g/mol. The lowest BCUT2D eigenvalue weighted by Gasteiger charge is -2.24. The molecule has 1 fully saturated rings. The van der Waals surface area contributed by atoms with Crippen molar-refractivity contribution in [2.45, 2.75) is 31.7 Å². The number of hydrogen-bond donors (Lipinski definition) is 3. The van der Waals surface area contributed by atoms with Crippen LogP contribution >= 0.6 is 0 Å². The molecule has 0 aliphatic carbocycles. The van der Waals surface area contributed by atoms with Gasteiger partial charge in [0, 0.05) is 26.6 Å². The normalized spacial score (nSPS) is 17.8. The van der Waals surface area contributed by atoms with Crippen LogP contribution in [0.3, 0.4) is 0 Å². The highest BCUT2D eigenvalue weighted by molar-refractivity contribution is 6.00. The first-order valence-corrected chi connectivity index (χ1v) is 10.5. The van der Waals surface area contributed by atoms with Gasteiger partial charge in [0.05, 0.1) is 30.2 Å². The van der Waals surface area contributed by atoms with Crippen LogP contribution in [0.5, 0.6) is 5.75 Å². The second-order valence-electron chi connectivity index (χ2n) is 7.85. The van der Waals surface area contributed by atoms with Crippen LogP contribution in [0.15, 0.2) is 54.7 Å². The molecule has 4 rings (SSSR count). The van der Waals surface area contributed by atoms with Crippen molar-refractivity contribution in [2.24, 2.45) is 0 Å². The second kappa shape index (κ2) is 9.80. The molecule has 3 N–H and O–H groups in total. The van der Waals surface area contributed by atoms with E-state index in [2.05, 4.69) is 15.6 Å². The topological polar surface area (TPSA) is 130 Å². The van der Waals surface area contributed by atoms with E-state index in [0.717, 1.165) is 5.56 Å². The van der Waals surface area contributed by atoms with Crippen LogP contribution in [-0.2, 0) is 22.7 Å². The predicted molar refractivity (Wildman–Crippen MR) is 117 cm³/mol. The average molecular weight is 451 g/mol. The summed E-state index contributed by atoms with van der Waals surface area (Å²) in [5, 5.41) is 30.6. The smallest absolute Gasteiger partial charge is 0.256 e. The van der Waals surface area contributed by atoms with Crippen molar-refractivity contribution < 1.29 is 24.5 Å². The number of likely N-dealkylation sites (tertiary alicyclic amines) is 1. The summed E-state index contributed by atoms with van der Waals surface area (Å²) in [6, 6.07) is 12.6. The van der Waals surface area contributed by atoms with Crippen LogP contribution in [-0.4, -0.2) is 67.7 Å². The summed E-state index contributed by atoms with van der Waals surface area (Å²) in [7, 11) is 1.56. The molecule has 10 heteroatoms. The number of aromatic hydroxyl groups is 1. The van der Waals surface area contributed by atoms with Gasteiger partial charge in [0.25, 0.3) is 5.91 Å². The van der Waals surface area contributed by atoms with Gasteiger partial charge in [-0.15, -0.1) is 5.10 Å². The standard InChI is InChI=1S/C23H25N5O5/c1-33-14-16-12-28(26-25-16)20-5-3-2-4-19(20)23(32)27-13-18(30)10-21(27)22(31)24-11-15-6-8-17(29)9-7-15/h2-9,12,18,21,29-30H,10-11,13-14H2,1H3,(H,24,31)/t18-,21+/m1/s1. The Labute approximate surface area is 190 Å². The molecule has 1 saturated heterocycles. The van der Waals surface area contributed by atoms with Gasteiger partial charge >= 0.3 is 0 Å². The minimum Gasteiger partial charge on any atom is -0.508 e. The average Bonchev–Trinajstić information content (AvgIpc) is 3.45. The van der Waals surface area contributed by atoms with Gasteiger partial charge in [-0.3, -0.25) is 9.59 Å². The van der Waals surface area contributed by atoms with E-state index in [-0.39, 0.29) is 43.7 Å². The molecule has 0 radical (unpaired) electrons. The highest BCUT2D eigenvalue weighted by atomic mass is 16.5. The molecule has 0 spiro atoms. The Morgan fingerprint density at radius 1 is 1.18 bits per heavy atom. The van der Waals surface area contributed by atoms with Gasteiger partial charge in [0.2, 0.25) is 5.91 Å². The summed E-state index contributed by atoms with van der Waals surface area (Å²) in [5.74, 6) is -0.592. The Morgan fingerprint density at radius 2 is 1.94 bits per heavy atom. The third-order valence-electron chi connectivity index (χ3n) is 5.46. The maximum atomic E-state index is 13.5. The Kier molecular flexibility index (Phi) is 6.66. The van der Waals surface area contributed by atoms with Crippen LogP contribution in [0.4, 0.5) is 0 Å². The number of hydrogen-bond acceptors (Lipinski definition) is 7. The van der Waals surface area contributed by atoms with Crippen molar-refractivity contribution in [1.29, 1.82) is 0 Å². The molecule has 0 saturated carbocycles. The number of aliphatic hydroxyl groups excluding tert-OH is 1. The van der Waals surface area contributed by atoms with E-state index < -0.39 is 12.1 Å². The number of ether oxygens (including phenoxy) is 1. The minimum atomic E-state index is -0.808. The molecular weight excluding hydrogens is 426 g/mol. The molecule has 0 unspecified atom stereocenters. The van der Waals surface area contributed by atoms with Gasteiger partial charge in [-0.2, -0.15) is 0 Å². The van der Waals surface area contributed by atoms with E-state index in [9.17, 15) is 19.8 Å². The summed E-state index contributed by atoms with van der Waals surface area (Å²) >= 11 is 0. The molecule has 10 nitrogen and oxygen atoms in total. The lowest BCUT2D eigenvalue weighted by atomic mass is 10.1. The van der Waals surface area contributed by atoms with Crippen LogP contribution in [0, 0.1) is 0 Å². The Morgan fingerprint density at radius 3 is 2.70 bits per heavy atom. The fraction of sp³-hybridized carbons (Fsp3) is 0.304. The third-order valence-corrected chi connectivity index (χ3v) is 5.46. The predicted octanol–water partition coefficient (Wildman–Crippen LogP) is 1.01. The van der Waals surface area contributed by atoms with Crippen LogP contribution in [0.1, 0.15) is 28.0 Å². The fourth-order valence-electron chi connectivity index (χ4n) is 3.85. The number of methoxy groups -OCH3 is 1. The summed E-state index contributed by atoms with van der Waals surface area (Å²) < 4.78 is 6.57. The molecular formula is C23H25N5O5. The van der Waals surface area contributed by atoms with Crippen molar-refractivity contribution in [1.82, 2.24) is 25.2 Å². The van der Waals surface area contributed by atoms with E-state index in [1.807, 2.05) is 0 Å². The van der Waals surface area contributed by atoms with Crippen molar-refractivity contribution in [2.75, 3.05) is 13.7 Å². The van der Waals surface area contributed by atoms with E-state index in [1.165, 1.54) is 21.7 Å². The van der Waals surface area contributed by atoms with Crippen molar-refractivity contribution >= 4 is 11.8 Å². The largest absolute Gasteiger partial charge is 0.508 e. The zero-order valence-corrected chi connectivity index (χ0v) is 18.1. The number of phenols is 1. The summed E-state index contributed by atoms with van der Waals surface area (Å²) in [6.07, 6.45) is 1.03. The van der Waals surface area contributed by atoms with Crippen LogP contribution in [0.2, 0.25) is 0 Å². The Bertz CT molecular complexity index is 1130. The summed E-state index contributed by atoms with van der Waals surface area (Å²) in [4.78, 5) is 27.8. The molecule has 1 aliphatic heterocycles. The number of phenolic OH excluding ortho intramolecular Hbond substituents is 1. The molecule has 172 valence electrons. The molecule has 2 amide bonds. The minimum absolute atomic E-state index is 0.0523. The first-order valence-electron chi connectivity index (χ1n) is 10.5. The third kappa shape index (κ3) is 5.02. The highest BCUT2D eigenvalue weighted by Crippen LogP contribution is 2.24. The zero-order chi connectivity index (χ0) is 23.4. The van der Waals surface area contributed by atoms with Crippen LogP contribution < -0.4 is 5.32 Å². The molecule has 1 aromatic heterocycles. The molecule has 33 heavy (non-hydrogen) atoms. The number of carbonyl (C=O) groups excluding carboxylic acids is 2. The number of aromatic nitrogens is 3. The van der Waals surface area contributed by atoms with E-state index >= 15 is 0 Å². The number of para-hydroxylation sites is 1. The second-order valence-corrected chi connectivity index (χ2v) is 7.85. The van der Waals surface area contributed by atoms with Gasteiger partial charge in [-0.25, -0.2) is 4.68 Å². The van der Waals surface area contributed by atoms with E-state index in [0.29, 0.717) is 16.9 Å². The van der Waals surface area contributed by atoms with Gasteiger partial charge in [-0.1, -0.05) is 29.5 Å². The van der Waals surface area contributed by atoms with Gasteiger partial charge in [0.15, 0.2) is 0 Å². The first kappa shape index (κ1) is 22.4. The van der Waals surface area contributed by atoms with Crippen molar-refractivity contribution in [3.05, 3.63) is 71.5 Å². The highest BCUT2D eigenvalue weighted by Gasteiger charge is 2.39. The summed E-state index contributed by atoms with van der Waals surface area (Å²) in [5.41, 5.74) is 2.28. The molecule has 3 aromatic rings. The van der Waals surface area contributed by atoms with Crippen molar-refractivity contribution in [3.63, 3.8) is 0 Å². The van der Waals surface area contributed by atoms with Gasteiger partial charge in [0.1, 0.15) is 17.5 Å². The summed E-state index contributed by atoms with van der Waals surface area (Å²) in [6.45, 7) is 0.583. The maximum absolute atomic E-state index is 13.5. The number of benzene rings is 2. The van der Waals surface area contributed by atoms with E-state index in [4.69, 9.17) is 4.74 Å². The molecule has 1 aliphatic rings. The zero-order valence-electron chi connectivity index (χ0n) is 18.1.